The molecule has 0 bridgehead atoms. The molecule has 5 heteroatoms. The van der Waals surface area contributed by atoms with Gasteiger partial charge >= 0.3 is 0 Å². The lowest BCUT2D eigenvalue weighted by atomic mass is 10.0. The van der Waals surface area contributed by atoms with Gasteiger partial charge in [0.05, 0.1) is 22.7 Å². The average molecular weight is 296 g/mol. The van der Waals surface area contributed by atoms with Crippen LogP contribution in [0.2, 0.25) is 5.02 Å². The summed E-state index contributed by atoms with van der Waals surface area (Å²) in [7, 11) is 1.94. The molecule has 0 saturated heterocycles. The third-order valence-electron chi connectivity index (χ3n) is 3.59. The van der Waals surface area contributed by atoms with Crippen LogP contribution < -0.4 is 5.32 Å². The molecule has 0 spiro atoms. The fourth-order valence-electron chi connectivity index (χ4n) is 2.58. The maximum atomic E-state index is 6.36. The lowest BCUT2D eigenvalue weighted by Gasteiger charge is -2.18. The molecule has 0 fully saturated rings. The van der Waals surface area contributed by atoms with Crippen LogP contribution in [0.5, 0.6) is 0 Å². The monoisotopic (exact) mass is 295 g/mol. The molecule has 0 aliphatic carbocycles. The molecule has 1 atom stereocenters. The number of nitrogens with zero attached hydrogens (tertiary/aromatic N) is 2. The van der Waals surface area contributed by atoms with Crippen LogP contribution >= 0.6 is 11.6 Å². The minimum Gasteiger partial charge on any atom is -0.469 e. The predicted octanol–water partition coefficient (Wildman–Crippen LogP) is 3.43. The van der Waals surface area contributed by atoms with Crippen molar-refractivity contribution >= 4 is 11.6 Å². The summed E-state index contributed by atoms with van der Waals surface area (Å²) < 4.78 is 7.42. The Hall–Kier alpha value is -1.26. The minimum atomic E-state index is 0.195. The highest BCUT2D eigenvalue weighted by Crippen LogP contribution is 2.28. The molecule has 4 nitrogen and oxygen atoms in total. The van der Waals surface area contributed by atoms with Crippen molar-refractivity contribution in [2.75, 3.05) is 6.54 Å². The van der Waals surface area contributed by atoms with Crippen molar-refractivity contribution in [1.82, 2.24) is 15.1 Å². The summed E-state index contributed by atoms with van der Waals surface area (Å²) in [6.07, 6.45) is 3.45. The van der Waals surface area contributed by atoms with Gasteiger partial charge in [0.2, 0.25) is 0 Å². The van der Waals surface area contributed by atoms with Crippen molar-refractivity contribution in [3.63, 3.8) is 0 Å². The molecule has 2 aromatic rings. The molecule has 2 rings (SSSR count). The van der Waals surface area contributed by atoms with Crippen LogP contribution in [0.15, 0.2) is 16.7 Å². The Kier molecular flexibility index (Phi) is 4.89. The van der Waals surface area contributed by atoms with Gasteiger partial charge in [-0.25, -0.2) is 0 Å². The molecule has 0 amide bonds. The van der Waals surface area contributed by atoms with Crippen LogP contribution in [-0.4, -0.2) is 16.3 Å². The molecule has 2 heterocycles. The number of hydrogen-bond acceptors (Lipinski definition) is 3. The van der Waals surface area contributed by atoms with Gasteiger partial charge in [0.15, 0.2) is 0 Å². The first-order chi connectivity index (χ1) is 9.58. The number of aryl methyl sites for hydroxylation is 3. The van der Waals surface area contributed by atoms with E-state index in [9.17, 15) is 0 Å². The SMILES string of the molecule is CCNC(Cc1c(Cl)c(C)nn1C)c1ccoc1CC. The first kappa shape index (κ1) is 15.1. The highest BCUT2D eigenvalue weighted by molar-refractivity contribution is 6.31. The number of likely N-dealkylation sites (N-methyl/N-ethyl adjacent to an activating group) is 1. The summed E-state index contributed by atoms with van der Waals surface area (Å²) in [4.78, 5) is 0. The van der Waals surface area contributed by atoms with E-state index in [1.54, 1.807) is 6.26 Å². The highest BCUT2D eigenvalue weighted by atomic mass is 35.5. The molecule has 0 saturated carbocycles. The number of rotatable bonds is 6. The summed E-state index contributed by atoms with van der Waals surface area (Å²) in [5.41, 5.74) is 3.14. The number of furan rings is 1. The molecule has 2 aromatic heterocycles. The number of hydrogen-bond donors (Lipinski definition) is 1. The van der Waals surface area contributed by atoms with Gasteiger partial charge in [0, 0.05) is 31.5 Å². The van der Waals surface area contributed by atoms with Gasteiger partial charge in [0.1, 0.15) is 5.76 Å². The summed E-state index contributed by atoms with van der Waals surface area (Å²) >= 11 is 6.36. The van der Waals surface area contributed by atoms with Gasteiger partial charge in [-0.15, -0.1) is 0 Å². The first-order valence-corrected chi connectivity index (χ1v) is 7.43. The van der Waals surface area contributed by atoms with E-state index < -0.39 is 0 Å². The van der Waals surface area contributed by atoms with E-state index in [2.05, 4.69) is 24.3 Å². The van der Waals surface area contributed by atoms with E-state index in [0.717, 1.165) is 41.6 Å². The Morgan fingerprint density at radius 2 is 2.20 bits per heavy atom. The molecule has 0 aliphatic heterocycles. The molecule has 0 aromatic carbocycles. The second-order valence-corrected chi connectivity index (χ2v) is 5.31. The van der Waals surface area contributed by atoms with E-state index in [1.807, 2.05) is 24.7 Å². The second-order valence-electron chi connectivity index (χ2n) is 4.94. The van der Waals surface area contributed by atoms with Crippen molar-refractivity contribution in [2.45, 2.75) is 39.7 Å². The fraction of sp³-hybridized carbons (Fsp3) is 0.533. The molecule has 1 unspecified atom stereocenters. The lowest BCUT2D eigenvalue weighted by Crippen LogP contribution is -2.24. The summed E-state index contributed by atoms with van der Waals surface area (Å²) in [6, 6.07) is 2.24. The normalized spacial score (nSPS) is 12.8. The standard InChI is InChI=1S/C15H22ClN3O/c1-5-14-11(7-8-20-14)12(17-6-2)9-13-15(16)10(3)18-19(13)4/h7-8,12,17H,5-6,9H2,1-4H3. The van der Waals surface area contributed by atoms with Crippen molar-refractivity contribution in [1.29, 1.82) is 0 Å². The molecule has 1 N–H and O–H groups in total. The van der Waals surface area contributed by atoms with E-state index in [1.165, 1.54) is 5.56 Å². The summed E-state index contributed by atoms with van der Waals surface area (Å²) in [5, 5.41) is 8.65. The van der Waals surface area contributed by atoms with Crippen molar-refractivity contribution in [3.8, 4) is 0 Å². The van der Waals surface area contributed by atoms with Gasteiger partial charge in [-0.2, -0.15) is 5.10 Å². The molecule has 0 radical (unpaired) electrons. The quantitative estimate of drug-likeness (QED) is 0.888. The minimum absolute atomic E-state index is 0.195. The zero-order valence-corrected chi connectivity index (χ0v) is 13.3. The maximum Gasteiger partial charge on any atom is 0.108 e. The van der Waals surface area contributed by atoms with E-state index in [0.29, 0.717) is 0 Å². The van der Waals surface area contributed by atoms with Crippen LogP contribution in [0.25, 0.3) is 0 Å². The van der Waals surface area contributed by atoms with Gasteiger partial charge in [-0.05, 0) is 19.5 Å². The topological polar surface area (TPSA) is 43.0 Å². The van der Waals surface area contributed by atoms with E-state index in [4.69, 9.17) is 16.0 Å². The number of aromatic nitrogens is 2. The molecule has 20 heavy (non-hydrogen) atoms. The summed E-state index contributed by atoms with van der Waals surface area (Å²) in [6.45, 7) is 7.04. The number of nitrogens with one attached hydrogen (secondary N) is 1. The Labute approximate surface area is 125 Å². The third kappa shape index (κ3) is 2.91. The van der Waals surface area contributed by atoms with E-state index >= 15 is 0 Å². The van der Waals surface area contributed by atoms with Crippen molar-refractivity contribution in [2.24, 2.45) is 7.05 Å². The van der Waals surface area contributed by atoms with Crippen molar-refractivity contribution < 1.29 is 4.42 Å². The first-order valence-electron chi connectivity index (χ1n) is 7.06. The Balaban J connectivity index is 2.30. The van der Waals surface area contributed by atoms with Crippen molar-refractivity contribution in [3.05, 3.63) is 40.1 Å². The van der Waals surface area contributed by atoms with E-state index in [-0.39, 0.29) is 6.04 Å². The van der Waals surface area contributed by atoms with Crippen LogP contribution in [0.3, 0.4) is 0 Å². The maximum absolute atomic E-state index is 6.36. The molecular weight excluding hydrogens is 274 g/mol. The summed E-state index contributed by atoms with van der Waals surface area (Å²) in [5.74, 6) is 1.03. The Bertz CT molecular complexity index is 574. The van der Waals surface area contributed by atoms with Crippen LogP contribution in [0.4, 0.5) is 0 Å². The fourth-order valence-corrected chi connectivity index (χ4v) is 2.82. The largest absolute Gasteiger partial charge is 0.469 e. The Morgan fingerprint density at radius 1 is 1.45 bits per heavy atom. The smallest absolute Gasteiger partial charge is 0.108 e. The van der Waals surface area contributed by atoms with Crippen LogP contribution in [0.1, 0.15) is 42.6 Å². The second kappa shape index (κ2) is 6.46. The van der Waals surface area contributed by atoms with Gasteiger partial charge < -0.3 is 9.73 Å². The van der Waals surface area contributed by atoms with Gasteiger partial charge in [-0.1, -0.05) is 25.4 Å². The van der Waals surface area contributed by atoms with Crippen LogP contribution in [-0.2, 0) is 19.9 Å². The average Bonchev–Trinajstić information content (AvgIpc) is 2.98. The van der Waals surface area contributed by atoms with Gasteiger partial charge in [0.25, 0.3) is 0 Å². The lowest BCUT2D eigenvalue weighted by molar-refractivity contribution is 0.481. The highest BCUT2D eigenvalue weighted by Gasteiger charge is 2.21. The molecule has 0 aliphatic rings. The van der Waals surface area contributed by atoms with Gasteiger partial charge in [-0.3, -0.25) is 4.68 Å². The molecular formula is C15H22ClN3O. The zero-order chi connectivity index (χ0) is 14.7. The zero-order valence-electron chi connectivity index (χ0n) is 12.5. The Morgan fingerprint density at radius 3 is 2.75 bits per heavy atom. The van der Waals surface area contributed by atoms with Crippen LogP contribution in [0, 0.1) is 6.92 Å². The predicted molar refractivity (Wildman–Crippen MR) is 81.2 cm³/mol. The third-order valence-corrected chi connectivity index (χ3v) is 4.08. The number of halogens is 1. The molecule has 110 valence electrons.